The van der Waals surface area contributed by atoms with Crippen LogP contribution >= 0.6 is 0 Å². The lowest BCUT2D eigenvalue weighted by Gasteiger charge is -2.20. The maximum atomic E-state index is 10.9. The van der Waals surface area contributed by atoms with E-state index in [4.69, 9.17) is 5.73 Å². The van der Waals surface area contributed by atoms with Crippen molar-refractivity contribution in [3.8, 4) is 0 Å². The third kappa shape index (κ3) is 3.36. The fraction of sp³-hybridized carbons (Fsp3) is 0.417. The van der Waals surface area contributed by atoms with E-state index in [-0.39, 0.29) is 18.0 Å². The van der Waals surface area contributed by atoms with Gasteiger partial charge >= 0.3 is 0 Å². The van der Waals surface area contributed by atoms with Gasteiger partial charge in [-0.3, -0.25) is 10.1 Å². The summed E-state index contributed by atoms with van der Waals surface area (Å²) >= 11 is 0. The van der Waals surface area contributed by atoms with E-state index >= 15 is 0 Å². The molecule has 1 aromatic rings. The summed E-state index contributed by atoms with van der Waals surface area (Å²) in [4.78, 5) is 10.9. The number of amides is 1. The predicted molar refractivity (Wildman–Crippen MR) is 61.3 cm³/mol. The van der Waals surface area contributed by atoms with E-state index in [1.54, 1.807) is 6.92 Å². The number of hydrogen-bond donors (Lipinski definition) is 2. The van der Waals surface area contributed by atoms with Crippen LogP contribution in [-0.2, 0) is 4.79 Å². The molecule has 1 amide bonds. The van der Waals surface area contributed by atoms with Crippen LogP contribution in [0.3, 0.4) is 0 Å². The fourth-order valence-corrected chi connectivity index (χ4v) is 1.52. The first-order chi connectivity index (χ1) is 7.15. The van der Waals surface area contributed by atoms with E-state index in [2.05, 4.69) is 24.4 Å². The van der Waals surface area contributed by atoms with E-state index in [1.807, 2.05) is 18.2 Å². The molecule has 0 aliphatic rings. The SMILES string of the molecule is CCC(NC(C)C(N)=O)c1ccccc1. The minimum Gasteiger partial charge on any atom is -0.368 e. The molecule has 1 aromatic carbocycles. The summed E-state index contributed by atoms with van der Waals surface area (Å²) < 4.78 is 0. The van der Waals surface area contributed by atoms with Gasteiger partial charge in [-0.2, -0.15) is 0 Å². The van der Waals surface area contributed by atoms with E-state index in [9.17, 15) is 4.79 Å². The first-order valence-electron chi connectivity index (χ1n) is 5.25. The number of hydrogen-bond acceptors (Lipinski definition) is 2. The van der Waals surface area contributed by atoms with Gasteiger partial charge in [0.1, 0.15) is 0 Å². The molecule has 1 rings (SSSR count). The lowest BCUT2D eigenvalue weighted by atomic mass is 10.0. The van der Waals surface area contributed by atoms with Gasteiger partial charge in [-0.1, -0.05) is 37.3 Å². The van der Waals surface area contributed by atoms with Crippen LogP contribution < -0.4 is 11.1 Å². The molecule has 0 fully saturated rings. The lowest BCUT2D eigenvalue weighted by Crippen LogP contribution is -2.40. The van der Waals surface area contributed by atoms with E-state index in [1.165, 1.54) is 5.56 Å². The Balaban J connectivity index is 2.69. The highest BCUT2D eigenvalue weighted by molar-refractivity contribution is 5.79. The van der Waals surface area contributed by atoms with Crippen molar-refractivity contribution in [2.75, 3.05) is 0 Å². The predicted octanol–water partition coefficient (Wildman–Crippen LogP) is 1.60. The molecule has 2 atom stereocenters. The molecule has 0 aliphatic carbocycles. The van der Waals surface area contributed by atoms with Crippen molar-refractivity contribution in [2.45, 2.75) is 32.4 Å². The molecule has 0 radical (unpaired) electrons. The highest BCUT2D eigenvalue weighted by atomic mass is 16.1. The molecular weight excluding hydrogens is 188 g/mol. The van der Waals surface area contributed by atoms with Gasteiger partial charge in [-0.25, -0.2) is 0 Å². The molecule has 0 saturated heterocycles. The van der Waals surface area contributed by atoms with E-state index in [0.717, 1.165) is 6.42 Å². The molecule has 0 aromatic heterocycles. The Bertz CT molecular complexity index is 311. The molecule has 82 valence electrons. The molecule has 15 heavy (non-hydrogen) atoms. The topological polar surface area (TPSA) is 55.1 Å². The Morgan fingerprint density at radius 2 is 2.00 bits per heavy atom. The average molecular weight is 206 g/mol. The van der Waals surface area contributed by atoms with Crippen LogP contribution in [0.2, 0.25) is 0 Å². The molecule has 3 N–H and O–H groups in total. The standard InChI is InChI=1S/C12H18N2O/c1-3-11(14-9(2)12(13)15)10-7-5-4-6-8-10/h4-9,11,14H,3H2,1-2H3,(H2,13,15). The second-order valence-corrected chi connectivity index (χ2v) is 3.66. The van der Waals surface area contributed by atoms with Gasteiger partial charge in [-0.15, -0.1) is 0 Å². The molecule has 3 heteroatoms. The third-order valence-electron chi connectivity index (χ3n) is 2.49. The second-order valence-electron chi connectivity index (χ2n) is 3.66. The molecule has 3 nitrogen and oxygen atoms in total. The van der Waals surface area contributed by atoms with Crippen LogP contribution in [0.15, 0.2) is 30.3 Å². The molecule has 0 saturated carbocycles. The summed E-state index contributed by atoms with van der Waals surface area (Å²) in [6.07, 6.45) is 0.932. The fourth-order valence-electron chi connectivity index (χ4n) is 1.52. The Hall–Kier alpha value is -1.35. The van der Waals surface area contributed by atoms with Crippen LogP contribution in [0.5, 0.6) is 0 Å². The van der Waals surface area contributed by atoms with Crippen molar-refractivity contribution in [2.24, 2.45) is 5.73 Å². The Kier molecular flexibility index (Phi) is 4.31. The number of primary amides is 1. The van der Waals surface area contributed by atoms with Gasteiger partial charge in [-0.05, 0) is 18.9 Å². The molecule has 2 unspecified atom stereocenters. The van der Waals surface area contributed by atoms with Crippen LogP contribution in [0, 0.1) is 0 Å². The summed E-state index contributed by atoms with van der Waals surface area (Å²) in [6, 6.07) is 9.96. The Morgan fingerprint density at radius 1 is 1.40 bits per heavy atom. The van der Waals surface area contributed by atoms with Gasteiger partial charge in [0.2, 0.25) is 5.91 Å². The van der Waals surface area contributed by atoms with Crippen molar-refractivity contribution in [1.82, 2.24) is 5.32 Å². The van der Waals surface area contributed by atoms with Crippen LogP contribution in [0.4, 0.5) is 0 Å². The summed E-state index contributed by atoms with van der Waals surface area (Å²) in [7, 11) is 0. The summed E-state index contributed by atoms with van der Waals surface area (Å²) in [5.74, 6) is -0.315. The normalized spacial score (nSPS) is 14.5. The van der Waals surface area contributed by atoms with Gasteiger partial charge in [0.05, 0.1) is 6.04 Å². The number of carbonyl (C=O) groups excluding carboxylic acids is 1. The summed E-state index contributed by atoms with van der Waals surface area (Å²) in [6.45, 7) is 3.87. The minimum absolute atomic E-state index is 0.189. The molecule has 0 heterocycles. The van der Waals surface area contributed by atoms with Crippen molar-refractivity contribution in [3.63, 3.8) is 0 Å². The smallest absolute Gasteiger partial charge is 0.234 e. The molecule has 0 spiro atoms. The highest BCUT2D eigenvalue weighted by Crippen LogP contribution is 2.16. The number of rotatable bonds is 5. The van der Waals surface area contributed by atoms with Crippen molar-refractivity contribution in [3.05, 3.63) is 35.9 Å². The summed E-state index contributed by atoms with van der Waals surface area (Å²) in [5, 5.41) is 3.21. The van der Waals surface area contributed by atoms with Gasteiger partial charge in [0, 0.05) is 6.04 Å². The van der Waals surface area contributed by atoms with Gasteiger partial charge in [0.25, 0.3) is 0 Å². The van der Waals surface area contributed by atoms with Crippen LogP contribution in [-0.4, -0.2) is 11.9 Å². The number of nitrogens with one attached hydrogen (secondary N) is 1. The van der Waals surface area contributed by atoms with Gasteiger partial charge < -0.3 is 5.73 Å². The zero-order valence-electron chi connectivity index (χ0n) is 9.23. The van der Waals surface area contributed by atoms with Crippen molar-refractivity contribution >= 4 is 5.91 Å². The number of benzene rings is 1. The molecular formula is C12H18N2O. The van der Waals surface area contributed by atoms with Crippen molar-refractivity contribution in [1.29, 1.82) is 0 Å². The quantitative estimate of drug-likeness (QED) is 0.769. The zero-order valence-corrected chi connectivity index (χ0v) is 9.23. The first-order valence-corrected chi connectivity index (χ1v) is 5.25. The van der Waals surface area contributed by atoms with Gasteiger partial charge in [0.15, 0.2) is 0 Å². The number of nitrogens with two attached hydrogens (primary N) is 1. The van der Waals surface area contributed by atoms with Crippen LogP contribution in [0.25, 0.3) is 0 Å². The monoisotopic (exact) mass is 206 g/mol. The van der Waals surface area contributed by atoms with Crippen LogP contribution in [0.1, 0.15) is 31.9 Å². The first kappa shape index (κ1) is 11.7. The second kappa shape index (κ2) is 5.51. The molecule has 0 bridgehead atoms. The van der Waals surface area contributed by atoms with E-state index in [0.29, 0.717) is 0 Å². The minimum atomic E-state index is -0.315. The summed E-state index contributed by atoms with van der Waals surface area (Å²) in [5.41, 5.74) is 6.40. The lowest BCUT2D eigenvalue weighted by molar-refractivity contribution is -0.119. The number of carbonyl (C=O) groups is 1. The zero-order chi connectivity index (χ0) is 11.3. The molecule has 0 aliphatic heterocycles. The highest BCUT2D eigenvalue weighted by Gasteiger charge is 2.15. The maximum Gasteiger partial charge on any atom is 0.234 e. The van der Waals surface area contributed by atoms with E-state index < -0.39 is 0 Å². The average Bonchev–Trinajstić information content (AvgIpc) is 2.26. The van der Waals surface area contributed by atoms with Crippen molar-refractivity contribution < 1.29 is 4.79 Å². The largest absolute Gasteiger partial charge is 0.368 e. The third-order valence-corrected chi connectivity index (χ3v) is 2.49. The Labute approximate surface area is 90.7 Å². The maximum absolute atomic E-state index is 10.9. The Morgan fingerprint density at radius 3 is 2.47 bits per heavy atom.